The van der Waals surface area contributed by atoms with E-state index in [9.17, 15) is 9.90 Å². The number of hydrogen-bond acceptors (Lipinski definition) is 4. The van der Waals surface area contributed by atoms with E-state index in [4.69, 9.17) is 4.74 Å². The molecule has 1 aliphatic heterocycles. The van der Waals surface area contributed by atoms with E-state index < -0.39 is 5.60 Å². The van der Waals surface area contributed by atoms with E-state index in [1.807, 2.05) is 0 Å². The van der Waals surface area contributed by atoms with Gasteiger partial charge < -0.3 is 20.1 Å². The first kappa shape index (κ1) is 17.7. The molecular weight excluding hydrogens is 280 g/mol. The fourth-order valence-electron chi connectivity index (χ4n) is 3.62. The maximum Gasteiger partial charge on any atom is 0.255 e. The first-order chi connectivity index (χ1) is 10.7. The normalized spacial score (nSPS) is 28.5. The second kappa shape index (κ2) is 8.85. The SMILES string of the molecule is COCCN1CCCC(O)(CNC2CCCCCCC2)C1=O. The Hall–Kier alpha value is -0.650. The van der Waals surface area contributed by atoms with Crippen LogP contribution in [0, 0.1) is 0 Å². The van der Waals surface area contributed by atoms with Gasteiger partial charge in [-0.15, -0.1) is 0 Å². The molecule has 1 saturated heterocycles. The van der Waals surface area contributed by atoms with Crippen LogP contribution in [-0.2, 0) is 9.53 Å². The molecule has 2 fully saturated rings. The number of piperidine rings is 1. The number of ether oxygens (including phenoxy) is 1. The number of nitrogens with one attached hydrogen (secondary N) is 1. The quantitative estimate of drug-likeness (QED) is 0.783. The molecule has 0 bridgehead atoms. The lowest BCUT2D eigenvalue weighted by atomic mass is 9.90. The van der Waals surface area contributed by atoms with E-state index >= 15 is 0 Å². The van der Waals surface area contributed by atoms with Gasteiger partial charge in [0, 0.05) is 32.8 Å². The summed E-state index contributed by atoms with van der Waals surface area (Å²) in [6, 6.07) is 0.450. The Morgan fingerprint density at radius 2 is 1.91 bits per heavy atom. The van der Waals surface area contributed by atoms with Crippen molar-refractivity contribution in [3.8, 4) is 0 Å². The van der Waals surface area contributed by atoms with Gasteiger partial charge in [0.2, 0.25) is 0 Å². The number of hydrogen-bond donors (Lipinski definition) is 2. The van der Waals surface area contributed by atoms with Crippen LogP contribution in [-0.4, -0.2) is 60.9 Å². The van der Waals surface area contributed by atoms with Crippen molar-refractivity contribution in [3.05, 3.63) is 0 Å². The van der Waals surface area contributed by atoms with E-state index in [0.29, 0.717) is 32.2 Å². The molecule has 0 spiro atoms. The number of aliphatic hydroxyl groups is 1. The number of carbonyl (C=O) groups excluding carboxylic acids is 1. The Balaban J connectivity index is 1.84. The highest BCUT2D eigenvalue weighted by atomic mass is 16.5. The van der Waals surface area contributed by atoms with Gasteiger partial charge in [-0.05, 0) is 25.7 Å². The van der Waals surface area contributed by atoms with Crippen LogP contribution < -0.4 is 5.32 Å². The summed E-state index contributed by atoms with van der Waals surface area (Å²) >= 11 is 0. The molecule has 1 amide bonds. The second-order valence-corrected chi connectivity index (χ2v) is 6.84. The molecule has 1 saturated carbocycles. The minimum Gasteiger partial charge on any atom is -0.383 e. The lowest BCUT2D eigenvalue weighted by Gasteiger charge is -2.39. The molecule has 128 valence electrons. The Morgan fingerprint density at radius 1 is 1.23 bits per heavy atom. The Morgan fingerprint density at radius 3 is 2.59 bits per heavy atom. The molecule has 0 radical (unpaired) electrons. The van der Waals surface area contributed by atoms with Gasteiger partial charge in [-0.25, -0.2) is 0 Å². The van der Waals surface area contributed by atoms with Crippen LogP contribution >= 0.6 is 0 Å². The van der Waals surface area contributed by atoms with Crippen LogP contribution in [0.1, 0.15) is 57.8 Å². The maximum absolute atomic E-state index is 12.5. The summed E-state index contributed by atoms with van der Waals surface area (Å²) < 4.78 is 5.05. The third kappa shape index (κ3) is 4.93. The van der Waals surface area contributed by atoms with Crippen molar-refractivity contribution >= 4 is 5.91 Å². The van der Waals surface area contributed by atoms with E-state index in [0.717, 1.165) is 25.8 Å². The number of carbonyl (C=O) groups is 1. The van der Waals surface area contributed by atoms with Crippen LogP contribution in [0.5, 0.6) is 0 Å². The highest BCUT2D eigenvalue weighted by molar-refractivity contribution is 5.86. The first-order valence-electron chi connectivity index (χ1n) is 8.90. The molecular formula is C17H32N2O3. The molecule has 22 heavy (non-hydrogen) atoms. The molecule has 0 aromatic rings. The summed E-state index contributed by atoms with van der Waals surface area (Å²) in [6.07, 6.45) is 10.2. The van der Waals surface area contributed by atoms with Crippen molar-refractivity contribution in [1.29, 1.82) is 0 Å². The molecule has 2 aliphatic rings. The van der Waals surface area contributed by atoms with Crippen LogP contribution in [0.2, 0.25) is 0 Å². The highest BCUT2D eigenvalue weighted by Gasteiger charge is 2.42. The van der Waals surface area contributed by atoms with Crippen molar-refractivity contribution in [2.24, 2.45) is 0 Å². The van der Waals surface area contributed by atoms with E-state index in [1.165, 1.54) is 32.1 Å². The van der Waals surface area contributed by atoms with Gasteiger partial charge in [-0.2, -0.15) is 0 Å². The summed E-state index contributed by atoms with van der Waals surface area (Å²) in [6.45, 7) is 2.22. The van der Waals surface area contributed by atoms with Gasteiger partial charge in [-0.1, -0.05) is 32.1 Å². The third-order valence-electron chi connectivity index (χ3n) is 5.06. The van der Waals surface area contributed by atoms with Gasteiger partial charge in [0.15, 0.2) is 5.60 Å². The van der Waals surface area contributed by atoms with Crippen LogP contribution in [0.3, 0.4) is 0 Å². The predicted molar refractivity (Wildman–Crippen MR) is 86.7 cm³/mol. The summed E-state index contributed by atoms with van der Waals surface area (Å²) in [7, 11) is 1.64. The number of methoxy groups -OCH3 is 1. The largest absolute Gasteiger partial charge is 0.383 e. The average Bonchev–Trinajstić information content (AvgIpc) is 2.48. The fraction of sp³-hybridized carbons (Fsp3) is 0.941. The molecule has 2 rings (SSSR count). The molecule has 1 heterocycles. The minimum absolute atomic E-state index is 0.130. The van der Waals surface area contributed by atoms with E-state index in [2.05, 4.69) is 5.32 Å². The van der Waals surface area contributed by atoms with E-state index in [-0.39, 0.29) is 5.91 Å². The van der Waals surface area contributed by atoms with Crippen molar-refractivity contribution in [2.75, 3.05) is 33.4 Å². The third-order valence-corrected chi connectivity index (χ3v) is 5.06. The number of nitrogens with zero attached hydrogens (tertiary/aromatic N) is 1. The zero-order valence-electron chi connectivity index (χ0n) is 14.0. The number of likely N-dealkylation sites (tertiary alicyclic amines) is 1. The molecule has 2 N–H and O–H groups in total. The number of rotatable bonds is 6. The number of amides is 1. The Bertz CT molecular complexity index is 343. The lowest BCUT2D eigenvalue weighted by molar-refractivity contribution is -0.157. The average molecular weight is 312 g/mol. The first-order valence-corrected chi connectivity index (χ1v) is 8.90. The molecule has 0 aromatic heterocycles. The summed E-state index contributed by atoms with van der Waals surface area (Å²) in [5.41, 5.74) is -1.23. The van der Waals surface area contributed by atoms with Crippen molar-refractivity contribution in [1.82, 2.24) is 10.2 Å². The van der Waals surface area contributed by atoms with Gasteiger partial charge >= 0.3 is 0 Å². The van der Waals surface area contributed by atoms with Crippen LogP contribution in [0.25, 0.3) is 0 Å². The minimum atomic E-state index is -1.23. The van der Waals surface area contributed by atoms with Crippen molar-refractivity contribution < 1.29 is 14.6 Å². The lowest BCUT2D eigenvalue weighted by Crippen LogP contribution is -2.59. The Labute approximate surface area is 134 Å². The molecule has 1 unspecified atom stereocenters. The van der Waals surface area contributed by atoms with Crippen LogP contribution in [0.15, 0.2) is 0 Å². The zero-order chi connectivity index (χ0) is 15.8. The molecule has 0 aromatic carbocycles. The monoisotopic (exact) mass is 312 g/mol. The maximum atomic E-state index is 12.5. The second-order valence-electron chi connectivity index (χ2n) is 6.84. The summed E-state index contributed by atoms with van der Waals surface area (Å²) in [4.78, 5) is 14.3. The molecule has 1 atom stereocenters. The smallest absolute Gasteiger partial charge is 0.255 e. The molecule has 1 aliphatic carbocycles. The molecule has 5 nitrogen and oxygen atoms in total. The summed E-state index contributed by atoms with van der Waals surface area (Å²) in [5.74, 6) is -0.130. The van der Waals surface area contributed by atoms with Gasteiger partial charge in [-0.3, -0.25) is 4.79 Å². The van der Waals surface area contributed by atoms with Crippen molar-refractivity contribution in [2.45, 2.75) is 69.4 Å². The molecule has 5 heteroatoms. The fourth-order valence-corrected chi connectivity index (χ4v) is 3.62. The van der Waals surface area contributed by atoms with Gasteiger partial charge in [0.05, 0.1) is 6.61 Å². The highest BCUT2D eigenvalue weighted by Crippen LogP contribution is 2.23. The zero-order valence-corrected chi connectivity index (χ0v) is 14.0. The van der Waals surface area contributed by atoms with Gasteiger partial charge in [0.1, 0.15) is 0 Å². The van der Waals surface area contributed by atoms with Gasteiger partial charge in [0.25, 0.3) is 5.91 Å². The van der Waals surface area contributed by atoms with Crippen molar-refractivity contribution in [3.63, 3.8) is 0 Å². The summed E-state index contributed by atoms with van der Waals surface area (Å²) in [5, 5.41) is 14.2. The van der Waals surface area contributed by atoms with Crippen LogP contribution in [0.4, 0.5) is 0 Å². The standard InChI is InChI=1S/C17H32N2O3/c1-22-13-12-19-11-7-10-17(21,16(19)20)14-18-15-8-5-3-2-4-6-9-15/h15,18,21H,2-14H2,1H3. The van der Waals surface area contributed by atoms with E-state index in [1.54, 1.807) is 12.0 Å². The predicted octanol–water partition coefficient (Wildman–Crippen LogP) is 1.69. The topological polar surface area (TPSA) is 61.8 Å². The Kier molecular flexibility index (Phi) is 7.12.